The van der Waals surface area contributed by atoms with Gasteiger partial charge in [0.2, 0.25) is 0 Å². The molecule has 0 aromatic rings. The third-order valence-corrected chi connectivity index (χ3v) is 6.93. The smallest absolute Gasteiger partial charge is 0.305 e. The standard InChI is InChI=1S/C29H55NO4/c1-2-3-4-5-6-7-8-9-10-11-12-13-17-20-23-30-24-26-33-28(31)21-18-15-14-16-19-22-29(32)34-27-25-30/h2-27H2,1H3. The van der Waals surface area contributed by atoms with Crippen molar-refractivity contribution in [2.75, 3.05) is 32.8 Å². The zero-order valence-corrected chi connectivity index (χ0v) is 22.5. The van der Waals surface area contributed by atoms with E-state index in [9.17, 15) is 9.59 Å². The van der Waals surface area contributed by atoms with E-state index in [4.69, 9.17) is 9.47 Å². The molecule has 0 aromatic carbocycles. The van der Waals surface area contributed by atoms with Gasteiger partial charge in [-0.15, -0.1) is 0 Å². The normalized spacial score (nSPS) is 17.9. The average molecular weight is 482 g/mol. The van der Waals surface area contributed by atoms with Gasteiger partial charge in [0.05, 0.1) is 0 Å². The van der Waals surface area contributed by atoms with Gasteiger partial charge in [-0.1, -0.05) is 110 Å². The third-order valence-electron chi connectivity index (χ3n) is 6.93. The summed E-state index contributed by atoms with van der Waals surface area (Å²) in [5, 5.41) is 0. The van der Waals surface area contributed by atoms with Crippen molar-refractivity contribution in [2.45, 2.75) is 142 Å². The lowest BCUT2D eigenvalue weighted by Crippen LogP contribution is -2.33. The monoisotopic (exact) mass is 481 g/mol. The van der Waals surface area contributed by atoms with Crippen LogP contribution in [0.1, 0.15) is 142 Å². The first-order valence-corrected chi connectivity index (χ1v) is 14.8. The Balaban J connectivity index is 2.10. The maximum absolute atomic E-state index is 11.9. The SMILES string of the molecule is CCCCCCCCCCCCCCCCN1CCOC(=O)CCCCCCCC(=O)OCC1. The van der Waals surface area contributed by atoms with Gasteiger partial charge < -0.3 is 9.47 Å². The Labute approximate surface area is 210 Å². The summed E-state index contributed by atoms with van der Waals surface area (Å²) in [5.41, 5.74) is 0. The molecule has 0 atom stereocenters. The lowest BCUT2D eigenvalue weighted by molar-refractivity contribution is -0.144. The van der Waals surface area contributed by atoms with Gasteiger partial charge >= 0.3 is 11.9 Å². The number of hydrogen-bond donors (Lipinski definition) is 0. The van der Waals surface area contributed by atoms with Crippen LogP contribution in [0, 0.1) is 0 Å². The molecule has 0 aliphatic carbocycles. The van der Waals surface area contributed by atoms with Crippen molar-refractivity contribution in [2.24, 2.45) is 0 Å². The van der Waals surface area contributed by atoms with E-state index >= 15 is 0 Å². The molecule has 0 spiro atoms. The van der Waals surface area contributed by atoms with E-state index in [1.165, 1.54) is 83.5 Å². The molecule has 1 aliphatic heterocycles. The van der Waals surface area contributed by atoms with Gasteiger partial charge in [-0.2, -0.15) is 0 Å². The molecule has 1 aliphatic rings. The van der Waals surface area contributed by atoms with Gasteiger partial charge in [0.25, 0.3) is 0 Å². The van der Waals surface area contributed by atoms with Gasteiger partial charge in [-0.25, -0.2) is 0 Å². The van der Waals surface area contributed by atoms with Crippen LogP contribution in [0.5, 0.6) is 0 Å². The molecular weight excluding hydrogens is 426 g/mol. The first-order valence-electron chi connectivity index (χ1n) is 14.8. The maximum atomic E-state index is 11.9. The quantitative estimate of drug-likeness (QED) is 0.178. The molecule has 34 heavy (non-hydrogen) atoms. The van der Waals surface area contributed by atoms with Crippen LogP contribution in [0.2, 0.25) is 0 Å². The van der Waals surface area contributed by atoms with Crippen LogP contribution < -0.4 is 0 Å². The van der Waals surface area contributed by atoms with Crippen molar-refractivity contribution >= 4 is 11.9 Å². The molecule has 0 unspecified atom stereocenters. The van der Waals surface area contributed by atoms with Gasteiger partial charge in [0.1, 0.15) is 13.2 Å². The number of nitrogens with zero attached hydrogens (tertiary/aromatic N) is 1. The summed E-state index contributed by atoms with van der Waals surface area (Å²) in [5.74, 6) is -0.148. The van der Waals surface area contributed by atoms with Crippen LogP contribution in [0.3, 0.4) is 0 Å². The van der Waals surface area contributed by atoms with Gasteiger partial charge in [0, 0.05) is 25.9 Å². The Bertz CT molecular complexity index is 457. The lowest BCUT2D eigenvalue weighted by Gasteiger charge is -2.22. The number of esters is 2. The first-order chi connectivity index (χ1) is 16.7. The number of carbonyl (C=O) groups excluding carboxylic acids is 2. The average Bonchev–Trinajstić information content (AvgIpc) is 2.82. The summed E-state index contributed by atoms with van der Waals surface area (Å²) >= 11 is 0. The Kier molecular flexibility index (Phi) is 21.5. The molecule has 1 heterocycles. The summed E-state index contributed by atoms with van der Waals surface area (Å²) in [6.45, 7) is 5.58. The summed E-state index contributed by atoms with van der Waals surface area (Å²) in [4.78, 5) is 26.1. The second-order valence-corrected chi connectivity index (χ2v) is 10.1. The molecule has 200 valence electrons. The maximum Gasteiger partial charge on any atom is 0.305 e. The number of cyclic esters (lactones) is 2. The summed E-state index contributed by atoms with van der Waals surface area (Å²) in [7, 11) is 0. The third kappa shape index (κ3) is 20.3. The summed E-state index contributed by atoms with van der Waals surface area (Å²) in [6, 6.07) is 0. The van der Waals surface area contributed by atoms with Crippen LogP contribution in [0.25, 0.3) is 0 Å². The Hall–Kier alpha value is -1.10. The van der Waals surface area contributed by atoms with Crippen molar-refractivity contribution in [3.8, 4) is 0 Å². The highest BCUT2D eigenvalue weighted by molar-refractivity contribution is 5.69. The lowest BCUT2D eigenvalue weighted by atomic mass is 10.0. The Morgan fingerprint density at radius 2 is 0.941 bits per heavy atom. The van der Waals surface area contributed by atoms with Crippen LogP contribution in [-0.4, -0.2) is 49.7 Å². The zero-order chi connectivity index (χ0) is 24.5. The largest absolute Gasteiger partial charge is 0.464 e. The molecular formula is C29H55NO4. The minimum absolute atomic E-state index is 0.0741. The molecule has 1 fully saturated rings. The van der Waals surface area contributed by atoms with Gasteiger partial charge in [-0.05, 0) is 25.8 Å². The fourth-order valence-electron chi connectivity index (χ4n) is 4.66. The molecule has 0 amide bonds. The Morgan fingerprint density at radius 1 is 0.559 bits per heavy atom. The topological polar surface area (TPSA) is 55.8 Å². The predicted octanol–water partition coefficient (Wildman–Crippen LogP) is 7.60. The van der Waals surface area contributed by atoms with Gasteiger partial charge in [0.15, 0.2) is 0 Å². The number of unbranched alkanes of at least 4 members (excludes halogenated alkanes) is 13. The van der Waals surface area contributed by atoms with Crippen molar-refractivity contribution in [1.29, 1.82) is 0 Å². The highest BCUT2D eigenvalue weighted by Gasteiger charge is 2.10. The highest BCUT2D eigenvalue weighted by Crippen LogP contribution is 2.13. The second kappa shape index (κ2) is 23.6. The summed E-state index contributed by atoms with van der Waals surface area (Å²) < 4.78 is 10.9. The number of ether oxygens (including phenoxy) is 2. The van der Waals surface area contributed by atoms with Crippen molar-refractivity contribution in [1.82, 2.24) is 4.90 Å². The Morgan fingerprint density at radius 3 is 1.38 bits per heavy atom. The molecule has 0 N–H and O–H groups in total. The molecule has 5 nitrogen and oxygen atoms in total. The van der Waals surface area contributed by atoms with E-state index in [0.29, 0.717) is 26.1 Å². The first kappa shape index (κ1) is 30.9. The van der Waals surface area contributed by atoms with Crippen LogP contribution >= 0.6 is 0 Å². The van der Waals surface area contributed by atoms with Crippen molar-refractivity contribution in [3.05, 3.63) is 0 Å². The van der Waals surface area contributed by atoms with E-state index in [-0.39, 0.29) is 11.9 Å². The molecule has 0 bridgehead atoms. The molecule has 1 rings (SSSR count). The van der Waals surface area contributed by atoms with Crippen LogP contribution in [0.4, 0.5) is 0 Å². The fraction of sp³-hybridized carbons (Fsp3) is 0.931. The molecule has 0 saturated carbocycles. The predicted molar refractivity (Wildman–Crippen MR) is 141 cm³/mol. The number of carbonyl (C=O) groups is 2. The molecule has 0 aromatic heterocycles. The van der Waals surface area contributed by atoms with E-state index in [1.54, 1.807) is 0 Å². The van der Waals surface area contributed by atoms with Crippen LogP contribution in [-0.2, 0) is 19.1 Å². The number of rotatable bonds is 15. The molecule has 0 radical (unpaired) electrons. The summed E-state index contributed by atoms with van der Waals surface area (Å²) in [6.07, 6.45) is 24.9. The van der Waals surface area contributed by atoms with E-state index < -0.39 is 0 Å². The zero-order valence-electron chi connectivity index (χ0n) is 22.5. The van der Waals surface area contributed by atoms with Crippen molar-refractivity contribution in [3.63, 3.8) is 0 Å². The highest BCUT2D eigenvalue weighted by atomic mass is 16.5. The fourth-order valence-corrected chi connectivity index (χ4v) is 4.66. The minimum atomic E-state index is -0.0741. The molecule has 1 saturated heterocycles. The molecule has 5 heteroatoms. The van der Waals surface area contributed by atoms with E-state index in [2.05, 4.69) is 11.8 Å². The van der Waals surface area contributed by atoms with E-state index in [0.717, 1.165) is 58.2 Å². The minimum Gasteiger partial charge on any atom is -0.464 e. The second-order valence-electron chi connectivity index (χ2n) is 10.1. The number of hydrogen-bond acceptors (Lipinski definition) is 5. The van der Waals surface area contributed by atoms with Crippen molar-refractivity contribution < 1.29 is 19.1 Å². The van der Waals surface area contributed by atoms with Crippen LogP contribution in [0.15, 0.2) is 0 Å². The van der Waals surface area contributed by atoms with E-state index in [1.807, 2.05) is 0 Å². The van der Waals surface area contributed by atoms with Gasteiger partial charge in [-0.3, -0.25) is 14.5 Å².